The zero-order valence-electron chi connectivity index (χ0n) is 16.5. The largest absolute Gasteiger partial charge is 0.324 e. The number of benzene rings is 2. The van der Waals surface area contributed by atoms with Crippen LogP contribution < -0.4 is 5.01 Å². The zero-order valence-corrected chi connectivity index (χ0v) is 18.9. The van der Waals surface area contributed by atoms with Gasteiger partial charge in [-0.3, -0.25) is 14.9 Å². The third-order valence-corrected chi connectivity index (χ3v) is 7.33. The number of carbonyl (C=O) groups excluding carboxylic acids is 1. The summed E-state index contributed by atoms with van der Waals surface area (Å²) in [7, 11) is 0. The van der Waals surface area contributed by atoms with Crippen molar-refractivity contribution in [1.29, 1.82) is 0 Å². The van der Waals surface area contributed by atoms with Gasteiger partial charge in [0.1, 0.15) is 0 Å². The summed E-state index contributed by atoms with van der Waals surface area (Å²) in [5.74, 6) is -0.349. The molecule has 0 saturated heterocycles. The summed E-state index contributed by atoms with van der Waals surface area (Å²) in [6, 6.07) is 14.2. The molecule has 8 nitrogen and oxygen atoms in total. The van der Waals surface area contributed by atoms with E-state index in [1.165, 1.54) is 40.0 Å². The van der Waals surface area contributed by atoms with Crippen molar-refractivity contribution < 1.29 is 9.72 Å². The first-order valence-electron chi connectivity index (χ1n) is 9.31. The van der Waals surface area contributed by atoms with Crippen LogP contribution in [0.1, 0.15) is 20.8 Å². The third-order valence-electron chi connectivity index (χ3n) is 4.58. The average Bonchev–Trinajstić information content (AvgIpc) is 3.52. The monoisotopic (exact) mass is 479 g/mol. The second-order valence-electron chi connectivity index (χ2n) is 6.80. The molecule has 158 valence electrons. The Morgan fingerprint density at radius 3 is 2.75 bits per heavy atom. The van der Waals surface area contributed by atoms with Crippen LogP contribution in [0.2, 0.25) is 0 Å². The van der Waals surface area contributed by atoms with Crippen LogP contribution in [0, 0.1) is 17.0 Å². The first-order chi connectivity index (χ1) is 15.5. The van der Waals surface area contributed by atoms with E-state index in [9.17, 15) is 14.9 Å². The van der Waals surface area contributed by atoms with Gasteiger partial charge in [-0.2, -0.15) is 10.1 Å². The van der Waals surface area contributed by atoms with Gasteiger partial charge in [-0.1, -0.05) is 28.7 Å². The maximum atomic E-state index is 13.4. The van der Waals surface area contributed by atoms with Crippen LogP contribution in [0.4, 0.5) is 10.1 Å². The number of thiazole rings is 2. The second-order valence-corrected chi connectivity index (χ2v) is 9.79. The molecule has 0 radical (unpaired) electrons. The lowest BCUT2D eigenvalue weighted by Gasteiger charge is -2.13. The van der Waals surface area contributed by atoms with Gasteiger partial charge in [0.2, 0.25) is 5.13 Å². The summed E-state index contributed by atoms with van der Waals surface area (Å²) in [5, 5.41) is 17.0. The number of hydrogen-bond acceptors (Lipinski definition) is 9. The Balaban J connectivity index is 1.56. The normalized spacial score (nSPS) is 11.5. The van der Waals surface area contributed by atoms with E-state index in [2.05, 4.69) is 15.1 Å². The second kappa shape index (κ2) is 8.19. The van der Waals surface area contributed by atoms with Gasteiger partial charge < -0.3 is 0 Å². The molecule has 0 N–H and O–H groups in total. The number of nitro groups is 1. The molecule has 0 bridgehead atoms. The number of rotatable bonds is 5. The molecular formula is C21H13N5O3S3. The summed E-state index contributed by atoms with van der Waals surface area (Å²) in [6.45, 7) is 1.99. The van der Waals surface area contributed by atoms with E-state index < -0.39 is 4.92 Å². The molecule has 0 aliphatic heterocycles. The van der Waals surface area contributed by atoms with Crippen molar-refractivity contribution in [2.45, 2.75) is 6.92 Å². The quantitative estimate of drug-likeness (QED) is 0.178. The molecule has 0 aliphatic rings. The van der Waals surface area contributed by atoms with E-state index in [0.29, 0.717) is 15.6 Å². The molecule has 0 aliphatic carbocycles. The molecule has 0 atom stereocenters. The van der Waals surface area contributed by atoms with Gasteiger partial charge in [-0.25, -0.2) is 9.97 Å². The maximum Gasteiger partial charge on any atom is 0.324 e. The van der Waals surface area contributed by atoms with Crippen LogP contribution in [0.5, 0.6) is 0 Å². The van der Waals surface area contributed by atoms with Gasteiger partial charge >= 0.3 is 5.00 Å². The van der Waals surface area contributed by atoms with E-state index >= 15 is 0 Å². The fraction of sp³-hybridized carbons (Fsp3) is 0.0476. The predicted molar refractivity (Wildman–Crippen MR) is 129 cm³/mol. The van der Waals surface area contributed by atoms with Gasteiger partial charge in [0.15, 0.2) is 0 Å². The average molecular weight is 480 g/mol. The number of aromatic nitrogens is 2. The Hall–Kier alpha value is -3.54. The number of carbonyl (C=O) groups is 1. The highest BCUT2D eigenvalue weighted by atomic mass is 32.1. The lowest BCUT2D eigenvalue weighted by atomic mass is 10.2. The Morgan fingerprint density at radius 2 is 1.94 bits per heavy atom. The van der Waals surface area contributed by atoms with Crippen molar-refractivity contribution in [3.05, 3.63) is 80.2 Å². The number of anilines is 1. The molecule has 3 heterocycles. The fourth-order valence-electron chi connectivity index (χ4n) is 3.03. The minimum Gasteiger partial charge on any atom is -0.267 e. The summed E-state index contributed by atoms with van der Waals surface area (Å²) in [6.07, 6.45) is 1.44. The zero-order chi connectivity index (χ0) is 22.2. The molecule has 11 heteroatoms. The number of amides is 1. The molecule has 3 aromatic heterocycles. The van der Waals surface area contributed by atoms with Crippen LogP contribution in [0.15, 0.2) is 59.1 Å². The van der Waals surface area contributed by atoms with Gasteiger partial charge in [-0.05, 0) is 48.9 Å². The van der Waals surface area contributed by atoms with E-state index in [1.54, 1.807) is 29.8 Å². The number of aryl methyl sites for hydroxylation is 1. The molecule has 0 fully saturated rings. The Morgan fingerprint density at radius 1 is 1.09 bits per heavy atom. The highest BCUT2D eigenvalue weighted by Crippen LogP contribution is 2.31. The minimum absolute atomic E-state index is 0.00966. The van der Waals surface area contributed by atoms with Crippen molar-refractivity contribution in [3.63, 3.8) is 0 Å². The lowest BCUT2D eigenvalue weighted by Crippen LogP contribution is -2.25. The Bertz CT molecular complexity index is 1520. The van der Waals surface area contributed by atoms with E-state index in [1.807, 2.05) is 25.1 Å². The first kappa shape index (κ1) is 20.4. The van der Waals surface area contributed by atoms with Crippen molar-refractivity contribution in [2.75, 3.05) is 5.01 Å². The van der Waals surface area contributed by atoms with E-state index in [-0.39, 0.29) is 10.9 Å². The predicted octanol–water partition coefficient (Wildman–Crippen LogP) is 5.87. The smallest absolute Gasteiger partial charge is 0.267 e. The Kier molecular flexibility index (Phi) is 5.21. The number of hydrazone groups is 1. The van der Waals surface area contributed by atoms with Crippen LogP contribution in [-0.2, 0) is 0 Å². The fourth-order valence-corrected chi connectivity index (χ4v) is 5.46. The van der Waals surface area contributed by atoms with Crippen molar-refractivity contribution in [1.82, 2.24) is 9.97 Å². The summed E-state index contributed by atoms with van der Waals surface area (Å²) < 4.78 is 1.84. The minimum atomic E-state index is -0.453. The summed E-state index contributed by atoms with van der Waals surface area (Å²) in [5.41, 5.74) is 4.87. The van der Waals surface area contributed by atoms with E-state index in [0.717, 1.165) is 37.3 Å². The molecule has 1 amide bonds. The topological polar surface area (TPSA) is 102 Å². The maximum absolute atomic E-state index is 13.4. The summed E-state index contributed by atoms with van der Waals surface area (Å²) in [4.78, 5) is 33.4. The highest BCUT2D eigenvalue weighted by Gasteiger charge is 2.22. The SMILES string of the molecule is Cc1ccc2nc(N(/N=C/c3ccc([N+](=O)[O-])s3)C(=O)c3ccc4ncsc4c3)sc2c1. The third kappa shape index (κ3) is 3.88. The van der Waals surface area contributed by atoms with E-state index in [4.69, 9.17) is 0 Å². The van der Waals surface area contributed by atoms with Gasteiger partial charge in [0.05, 0.1) is 42.0 Å². The molecule has 32 heavy (non-hydrogen) atoms. The first-order valence-corrected chi connectivity index (χ1v) is 11.8. The molecule has 2 aromatic carbocycles. The van der Waals surface area contributed by atoms with Crippen LogP contribution in [0.3, 0.4) is 0 Å². The molecule has 0 unspecified atom stereocenters. The number of hydrogen-bond donors (Lipinski definition) is 0. The van der Waals surface area contributed by atoms with Gasteiger partial charge in [-0.15, -0.1) is 11.3 Å². The molecule has 5 rings (SSSR count). The molecular weight excluding hydrogens is 466 g/mol. The van der Waals surface area contributed by atoms with Gasteiger partial charge in [0.25, 0.3) is 5.91 Å². The van der Waals surface area contributed by atoms with Gasteiger partial charge in [0, 0.05) is 11.6 Å². The Labute approximate surface area is 193 Å². The lowest BCUT2D eigenvalue weighted by molar-refractivity contribution is -0.380. The molecule has 0 saturated carbocycles. The van der Waals surface area contributed by atoms with Crippen LogP contribution >= 0.6 is 34.0 Å². The van der Waals surface area contributed by atoms with Crippen molar-refractivity contribution in [2.24, 2.45) is 5.10 Å². The highest BCUT2D eigenvalue weighted by molar-refractivity contribution is 7.22. The van der Waals surface area contributed by atoms with Crippen LogP contribution in [0.25, 0.3) is 20.4 Å². The molecule has 5 aromatic rings. The summed E-state index contributed by atoms with van der Waals surface area (Å²) >= 11 is 3.80. The molecule has 0 spiro atoms. The number of thiophene rings is 1. The van der Waals surface area contributed by atoms with Crippen LogP contribution in [-0.4, -0.2) is 27.0 Å². The number of fused-ring (bicyclic) bond motifs is 2. The standard InChI is InChI=1S/C21H13N5O3S3/c1-12-2-5-16-18(8-12)32-21(24-16)25(23-10-14-4-7-19(31-14)26(28)29)20(27)13-3-6-15-17(9-13)30-11-22-15/h2-11H,1H3/b23-10+. The number of nitrogens with zero attached hydrogens (tertiary/aromatic N) is 5. The van der Waals surface area contributed by atoms with Crippen molar-refractivity contribution in [3.8, 4) is 0 Å². The van der Waals surface area contributed by atoms with Crippen molar-refractivity contribution >= 4 is 76.7 Å².